The first-order chi connectivity index (χ1) is 8.66. The molecule has 0 amide bonds. The summed E-state index contributed by atoms with van der Waals surface area (Å²) in [4.78, 5) is 11.0. The minimum absolute atomic E-state index is 0.190. The largest absolute Gasteiger partial charge is 0.478 e. The van der Waals surface area contributed by atoms with Crippen molar-refractivity contribution in [1.82, 2.24) is 0 Å². The van der Waals surface area contributed by atoms with Gasteiger partial charge < -0.3 is 9.84 Å². The average Bonchev–Trinajstić information content (AvgIpc) is 3.18. The van der Waals surface area contributed by atoms with Crippen LogP contribution in [0, 0.1) is 0 Å². The van der Waals surface area contributed by atoms with Crippen LogP contribution in [0.3, 0.4) is 0 Å². The predicted molar refractivity (Wildman–Crippen MR) is 70.2 cm³/mol. The Bertz CT molecular complexity index is 482. The smallest absolute Gasteiger partial charge is 0.331 e. The first-order valence-corrected chi connectivity index (χ1v) is 5.94. The predicted octanol–water partition coefficient (Wildman–Crippen LogP) is 2.89. The molecule has 0 radical (unpaired) electrons. The fourth-order valence-electron chi connectivity index (χ4n) is 1.68. The van der Waals surface area contributed by atoms with Gasteiger partial charge in [-0.05, 0) is 18.1 Å². The van der Waals surface area contributed by atoms with Crippen molar-refractivity contribution < 1.29 is 14.6 Å². The number of carboxylic acids is 1. The third-order valence-corrected chi connectivity index (χ3v) is 2.93. The molecule has 2 rings (SSSR count). The van der Waals surface area contributed by atoms with E-state index in [4.69, 9.17) is 9.84 Å². The molecule has 3 heteroatoms. The molecule has 18 heavy (non-hydrogen) atoms. The van der Waals surface area contributed by atoms with Crippen LogP contribution in [0.15, 0.2) is 47.6 Å². The highest BCUT2D eigenvalue weighted by Crippen LogP contribution is 2.23. The Hall–Kier alpha value is -1.87. The number of benzene rings is 1. The zero-order chi connectivity index (χ0) is 13.0. The molecular weight excluding hydrogens is 228 g/mol. The summed E-state index contributed by atoms with van der Waals surface area (Å²) in [6, 6.07) is 9.83. The van der Waals surface area contributed by atoms with E-state index >= 15 is 0 Å². The van der Waals surface area contributed by atoms with E-state index in [1.54, 1.807) is 6.92 Å². The van der Waals surface area contributed by atoms with Gasteiger partial charge in [-0.25, -0.2) is 4.79 Å². The number of hydrogen-bond acceptors (Lipinski definition) is 2. The third kappa shape index (κ3) is 3.57. The third-order valence-electron chi connectivity index (χ3n) is 2.93. The molecule has 1 N–H and O–H groups in total. The van der Waals surface area contributed by atoms with E-state index in [-0.39, 0.29) is 6.10 Å². The quantitative estimate of drug-likeness (QED) is 0.492. The van der Waals surface area contributed by atoms with Crippen LogP contribution in [0.4, 0.5) is 0 Å². The molecule has 1 fully saturated rings. The van der Waals surface area contributed by atoms with Gasteiger partial charge >= 0.3 is 5.97 Å². The number of carboxylic acid groups (broad SMARTS) is 1. The lowest BCUT2D eigenvalue weighted by Crippen LogP contribution is -2.02. The van der Waals surface area contributed by atoms with Crippen LogP contribution in [0.25, 0.3) is 6.08 Å². The van der Waals surface area contributed by atoms with Crippen molar-refractivity contribution in [3.05, 3.63) is 53.1 Å². The van der Waals surface area contributed by atoms with Crippen molar-refractivity contribution in [3.63, 3.8) is 0 Å². The Morgan fingerprint density at radius 1 is 1.44 bits per heavy atom. The lowest BCUT2D eigenvalue weighted by molar-refractivity contribution is -0.132. The van der Waals surface area contributed by atoms with Crippen LogP contribution < -0.4 is 0 Å². The number of hydrogen-bond donors (Lipinski definition) is 1. The van der Waals surface area contributed by atoms with Crippen LogP contribution in [0.1, 0.15) is 18.9 Å². The van der Waals surface area contributed by atoms with Crippen molar-refractivity contribution in [2.24, 2.45) is 0 Å². The number of allylic oxidation sites excluding steroid dienone is 1. The second kappa shape index (κ2) is 5.65. The molecule has 0 aromatic heterocycles. The van der Waals surface area contributed by atoms with E-state index in [2.05, 4.69) is 0 Å². The lowest BCUT2D eigenvalue weighted by Gasteiger charge is -2.03. The molecule has 1 saturated heterocycles. The summed E-state index contributed by atoms with van der Waals surface area (Å²) in [5, 5.41) is 9.05. The zero-order valence-electron chi connectivity index (χ0n) is 10.3. The Morgan fingerprint density at radius 2 is 2.11 bits per heavy atom. The van der Waals surface area contributed by atoms with Gasteiger partial charge in [0.15, 0.2) is 0 Å². The van der Waals surface area contributed by atoms with Crippen LogP contribution >= 0.6 is 0 Å². The maximum absolute atomic E-state index is 11.0. The summed E-state index contributed by atoms with van der Waals surface area (Å²) >= 11 is 0. The van der Waals surface area contributed by atoms with E-state index in [1.165, 1.54) is 0 Å². The summed E-state index contributed by atoms with van der Waals surface area (Å²) < 4.78 is 5.16. The Balaban J connectivity index is 2.17. The second-order valence-corrected chi connectivity index (χ2v) is 4.36. The van der Waals surface area contributed by atoms with Gasteiger partial charge in [-0.2, -0.15) is 0 Å². The number of rotatable bonds is 5. The van der Waals surface area contributed by atoms with Crippen molar-refractivity contribution in [2.75, 3.05) is 6.61 Å². The zero-order valence-corrected chi connectivity index (χ0v) is 10.3. The van der Waals surface area contributed by atoms with Crippen LogP contribution in [-0.4, -0.2) is 23.8 Å². The molecule has 1 aliphatic heterocycles. The second-order valence-electron chi connectivity index (χ2n) is 4.36. The molecule has 1 atom stereocenters. The molecule has 3 nitrogen and oxygen atoms in total. The van der Waals surface area contributed by atoms with Crippen molar-refractivity contribution in [2.45, 2.75) is 19.4 Å². The molecule has 1 aliphatic rings. The maximum Gasteiger partial charge on any atom is 0.331 e. The van der Waals surface area contributed by atoms with E-state index in [1.807, 2.05) is 42.5 Å². The normalized spacial score (nSPS) is 19.7. The highest BCUT2D eigenvalue weighted by Gasteiger charge is 2.24. The van der Waals surface area contributed by atoms with Gasteiger partial charge in [0.05, 0.1) is 12.7 Å². The standard InChI is InChI=1S/C15H16O3/c1-11(15(16)17)13(9-14-10-18-14)8-7-12-5-3-2-4-6-12/h2-8,14H,9-10H2,1H3,(H,16,17). The molecule has 0 bridgehead atoms. The highest BCUT2D eigenvalue weighted by molar-refractivity contribution is 5.87. The molecule has 0 saturated carbocycles. The van der Waals surface area contributed by atoms with Crippen LogP contribution in [0.5, 0.6) is 0 Å². The van der Waals surface area contributed by atoms with E-state index in [9.17, 15) is 4.79 Å². The molecular formula is C15H16O3. The van der Waals surface area contributed by atoms with Gasteiger partial charge in [0.1, 0.15) is 0 Å². The average molecular weight is 244 g/mol. The number of ether oxygens (including phenoxy) is 1. The minimum atomic E-state index is -0.872. The Morgan fingerprint density at radius 3 is 2.67 bits per heavy atom. The number of aliphatic carboxylic acids is 1. The monoisotopic (exact) mass is 244 g/mol. The SMILES string of the molecule is CC(C(=O)O)=C(C=Cc1ccccc1)CC1CO1. The van der Waals surface area contributed by atoms with E-state index in [0.29, 0.717) is 12.0 Å². The van der Waals surface area contributed by atoms with Crippen LogP contribution in [0.2, 0.25) is 0 Å². The number of epoxide rings is 1. The first kappa shape index (κ1) is 12.6. The maximum atomic E-state index is 11.0. The van der Waals surface area contributed by atoms with Crippen molar-refractivity contribution in [1.29, 1.82) is 0 Å². The summed E-state index contributed by atoms with van der Waals surface area (Å²) in [6.45, 7) is 2.37. The Labute approximate surface area is 106 Å². The molecule has 1 aromatic rings. The molecule has 0 spiro atoms. The van der Waals surface area contributed by atoms with Gasteiger partial charge in [-0.15, -0.1) is 0 Å². The van der Waals surface area contributed by atoms with Crippen molar-refractivity contribution in [3.8, 4) is 0 Å². The summed E-state index contributed by atoms with van der Waals surface area (Å²) in [5.74, 6) is -0.872. The van der Waals surface area contributed by atoms with Gasteiger partial charge in [0, 0.05) is 12.0 Å². The highest BCUT2D eigenvalue weighted by atomic mass is 16.6. The molecule has 1 aromatic carbocycles. The van der Waals surface area contributed by atoms with Gasteiger partial charge in [-0.1, -0.05) is 42.5 Å². The fraction of sp³-hybridized carbons (Fsp3) is 0.267. The van der Waals surface area contributed by atoms with E-state index in [0.717, 1.165) is 17.7 Å². The Kier molecular flexibility index (Phi) is 3.95. The topological polar surface area (TPSA) is 49.8 Å². The van der Waals surface area contributed by atoms with Crippen molar-refractivity contribution >= 4 is 12.0 Å². The molecule has 1 unspecified atom stereocenters. The van der Waals surface area contributed by atoms with Crippen LogP contribution in [-0.2, 0) is 9.53 Å². The van der Waals surface area contributed by atoms with Gasteiger partial charge in [0.25, 0.3) is 0 Å². The first-order valence-electron chi connectivity index (χ1n) is 5.94. The lowest BCUT2D eigenvalue weighted by atomic mass is 10.0. The molecule has 94 valence electrons. The minimum Gasteiger partial charge on any atom is -0.478 e. The molecule has 1 heterocycles. The summed E-state index contributed by atoms with van der Waals surface area (Å²) in [7, 11) is 0. The summed E-state index contributed by atoms with van der Waals surface area (Å²) in [5.41, 5.74) is 2.27. The number of carbonyl (C=O) groups is 1. The fourth-order valence-corrected chi connectivity index (χ4v) is 1.68. The van der Waals surface area contributed by atoms with Gasteiger partial charge in [-0.3, -0.25) is 0 Å². The van der Waals surface area contributed by atoms with E-state index < -0.39 is 5.97 Å². The molecule has 0 aliphatic carbocycles. The summed E-state index contributed by atoms with van der Waals surface area (Å²) in [6.07, 6.45) is 4.67. The van der Waals surface area contributed by atoms with Gasteiger partial charge in [0.2, 0.25) is 0 Å².